The number of fused-ring (bicyclic) bond motifs is 1. The van der Waals surface area contributed by atoms with Crippen LogP contribution in [0.4, 0.5) is 14.5 Å². The highest BCUT2D eigenvalue weighted by Gasteiger charge is 2.09. The Kier molecular flexibility index (Phi) is 3.09. The third-order valence-corrected chi connectivity index (χ3v) is 2.99. The second-order valence-corrected chi connectivity index (χ2v) is 4.49. The van der Waals surface area contributed by atoms with Crippen LogP contribution < -0.4 is 11.1 Å². The van der Waals surface area contributed by atoms with Crippen LogP contribution in [0, 0.1) is 11.6 Å². The molecule has 0 fully saturated rings. The van der Waals surface area contributed by atoms with Crippen LogP contribution >= 0.6 is 0 Å². The van der Waals surface area contributed by atoms with Gasteiger partial charge in [-0.25, -0.2) is 13.6 Å². The van der Waals surface area contributed by atoms with E-state index >= 15 is 0 Å². The number of anilines is 1. The number of nitrogens with one attached hydrogen (secondary N) is 2. The summed E-state index contributed by atoms with van der Waals surface area (Å²) < 4.78 is 31.3. The first kappa shape index (κ1) is 13.2. The molecule has 0 bridgehead atoms. The number of H-pyrrole nitrogens is 1. The molecule has 1 heterocycles. The van der Waals surface area contributed by atoms with E-state index in [2.05, 4.69) is 10.3 Å². The van der Waals surface area contributed by atoms with Gasteiger partial charge in [-0.3, -0.25) is 4.98 Å². The van der Waals surface area contributed by atoms with Gasteiger partial charge in [-0.05, 0) is 35.9 Å². The van der Waals surface area contributed by atoms with E-state index in [-0.39, 0.29) is 6.54 Å². The molecule has 1 aromatic heterocycles. The number of hydrogen-bond donors (Lipinski definition) is 3. The molecule has 0 unspecified atom stereocenters. The average molecular weight is 292 g/mol. The highest BCUT2D eigenvalue weighted by Crippen LogP contribution is 2.22. The molecule has 2 aromatic carbocycles. The molecule has 0 aliphatic heterocycles. The lowest BCUT2D eigenvalue weighted by Gasteiger charge is -2.07. The van der Waals surface area contributed by atoms with Gasteiger partial charge in [0.25, 0.3) is 0 Å². The average Bonchev–Trinajstić information content (AvgIpc) is 2.81. The summed E-state index contributed by atoms with van der Waals surface area (Å²) in [6.07, 6.45) is 0. The summed E-state index contributed by atoms with van der Waals surface area (Å²) in [5.41, 5.74) is 1.93. The van der Waals surface area contributed by atoms with E-state index in [9.17, 15) is 13.6 Å². The van der Waals surface area contributed by atoms with Gasteiger partial charge < -0.3 is 14.8 Å². The Morgan fingerprint density at radius 3 is 2.62 bits per heavy atom. The van der Waals surface area contributed by atoms with E-state index in [0.29, 0.717) is 22.4 Å². The number of phenolic OH excluding ortho intramolecular Hbond substituents is 1. The lowest BCUT2D eigenvalue weighted by Crippen LogP contribution is -2.01. The number of rotatable bonds is 3. The molecule has 5 nitrogen and oxygen atoms in total. The van der Waals surface area contributed by atoms with Crippen LogP contribution in [-0.2, 0) is 6.54 Å². The molecule has 0 aliphatic rings. The molecular formula is C14H10F2N2O3. The molecule has 3 N–H and O–H groups in total. The van der Waals surface area contributed by atoms with E-state index in [1.165, 1.54) is 0 Å². The fourth-order valence-electron chi connectivity index (χ4n) is 1.99. The largest absolute Gasteiger partial charge is 0.503 e. The second kappa shape index (κ2) is 4.93. The van der Waals surface area contributed by atoms with E-state index in [0.717, 1.165) is 12.1 Å². The van der Waals surface area contributed by atoms with Gasteiger partial charge >= 0.3 is 5.76 Å². The fraction of sp³-hybridized carbons (Fsp3) is 0.0714. The van der Waals surface area contributed by atoms with Crippen LogP contribution in [-0.4, -0.2) is 10.1 Å². The predicted molar refractivity (Wildman–Crippen MR) is 72.2 cm³/mol. The van der Waals surface area contributed by atoms with Crippen LogP contribution in [0.15, 0.2) is 39.5 Å². The number of phenols is 1. The summed E-state index contributed by atoms with van der Waals surface area (Å²) in [6, 6.07) is 7.01. The molecule has 3 rings (SSSR count). The Bertz CT molecular complexity index is 847. The molecular weight excluding hydrogens is 282 g/mol. The van der Waals surface area contributed by atoms with Crippen molar-refractivity contribution in [2.24, 2.45) is 0 Å². The molecule has 21 heavy (non-hydrogen) atoms. The maximum atomic E-state index is 13.2. The monoisotopic (exact) mass is 292 g/mol. The first-order valence-electron chi connectivity index (χ1n) is 6.06. The molecule has 0 saturated carbocycles. The molecule has 7 heteroatoms. The van der Waals surface area contributed by atoms with Gasteiger partial charge in [0.05, 0.1) is 5.52 Å². The van der Waals surface area contributed by atoms with Crippen molar-refractivity contribution in [2.45, 2.75) is 6.54 Å². The number of halogens is 2. The zero-order chi connectivity index (χ0) is 15.0. The van der Waals surface area contributed by atoms with Crippen molar-refractivity contribution in [3.63, 3.8) is 0 Å². The predicted octanol–water partition coefficient (Wildman–Crippen LogP) is 2.72. The number of hydrogen-bond acceptors (Lipinski definition) is 4. The van der Waals surface area contributed by atoms with Crippen LogP contribution in [0.25, 0.3) is 11.1 Å². The smallest absolute Gasteiger partial charge is 0.417 e. The normalized spacial score (nSPS) is 11.0. The summed E-state index contributed by atoms with van der Waals surface area (Å²) >= 11 is 0. The van der Waals surface area contributed by atoms with Crippen LogP contribution in [0.5, 0.6) is 5.75 Å². The summed E-state index contributed by atoms with van der Waals surface area (Å²) in [4.78, 5) is 13.5. The summed E-state index contributed by atoms with van der Waals surface area (Å²) in [5.74, 6) is -3.57. The van der Waals surface area contributed by atoms with Gasteiger partial charge in [0.2, 0.25) is 0 Å². The summed E-state index contributed by atoms with van der Waals surface area (Å²) in [6.45, 7) is 0.154. The van der Waals surface area contributed by atoms with E-state index in [1.54, 1.807) is 18.2 Å². The number of aromatic amines is 1. The Morgan fingerprint density at radius 2 is 1.90 bits per heavy atom. The lowest BCUT2D eigenvalue weighted by molar-refractivity contribution is 0.395. The van der Waals surface area contributed by atoms with Gasteiger partial charge in [-0.15, -0.1) is 0 Å². The maximum Gasteiger partial charge on any atom is 0.417 e. The molecule has 0 atom stereocenters. The third kappa shape index (κ3) is 2.58. The number of benzene rings is 2. The van der Waals surface area contributed by atoms with Crippen molar-refractivity contribution < 1.29 is 18.3 Å². The zero-order valence-corrected chi connectivity index (χ0v) is 10.6. The number of oxazole rings is 1. The van der Waals surface area contributed by atoms with Crippen LogP contribution in [0.1, 0.15) is 5.56 Å². The van der Waals surface area contributed by atoms with Gasteiger partial charge in [-0.1, -0.05) is 0 Å². The minimum Gasteiger partial charge on any atom is -0.503 e. The van der Waals surface area contributed by atoms with Crippen LogP contribution in [0.2, 0.25) is 0 Å². The third-order valence-electron chi connectivity index (χ3n) is 2.99. The van der Waals surface area contributed by atoms with Crippen molar-refractivity contribution in [2.75, 3.05) is 5.32 Å². The Hall–Kier alpha value is -2.83. The maximum absolute atomic E-state index is 13.2. The van der Waals surface area contributed by atoms with Crippen molar-refractivity contribution in [1.82, 2.24) is 4.98 Å². The highest BCUT2D eigenvalue weighted by molar-refractivity contribution is 5.76. The molecule has 0 amide bonds. The SMILES string of the molecule is O=c1[nH]c2cc(NCc3cc(F)c(O)c(F)c3)ccc2o1. The molecule has 0 aliphatic carbocycles. The first-order valence-corrected chi connectivity index (χ1v) is 6.06. The van der Waals surface area contributed by atoms with Gasteiger partial charge in [0.1, 0.15) is 0 Å². The number of aromatic hydroxyl groups is 1. The van der Waals surface area contributed by atoms with Crippen molar-refractivity contribution in [1.29, 1.82) is 0 Å². The Morgan fingerprint density at radius 1 is 1.19 bits per heavy atom. The lowest BCUT2D eigenvalue weighted by atomic mass is 10.2. The molecule has 0 saturated heterocycles. The quantitative estimate of drug-likeness (QED) is 0.693. The van der Waals surface area contributed by atoms with E-state index in [4.69, 9.17) is 9.52 Å². The van der Waals surface area contributed by atoms with Crippen molar-refractivity contribution in [3.05, 3.63) is 58.1 Å². The molecule has 0 spiro atoms. The molecule has 3 aromatic rings. The van der Waals surface area contributed by atoms with Gasteiger partial charge in [-0.2, -0.15) is 0 Å². The first-order chi connectivity index (χ1) is 10.0. The summed E-state index contributed by atoms with van der Waals surface area (Å²) in [5, 5.41) is 12.0. The second-order valence-electron chi connectivity index (χ2n) is 4.49. The summed E-state index contributed by atoms with van der Waals surface area (Å²) in [7, 11) is 0. The van der Waals surface area contributed by atoms with Crippen molar-refractivity contribution >= 4 is 16.8 Å². The fourth-order valence-corrected chi connectivity index (χ4v) is 1.99. The number of aromatic nitrogens is 1. The topological polar surface area (TPSA) is 78.3 Å². The van der Waals surface area contributed by atoms with Crippen LogP contribution in [0.3, 0.4) is 0 Å². The molecule has 108 valence electrons. The Labute approximate surface area is 116 Å². The van der Waals surface area contributed by atoms with Crippen molar-refractivity contribution in [3.8, 4) is 5.75 Å². The minimum atomic E-state index is -1.01. The van der Waals surface area contributed by atoms with E-state index < -0.39 is 23.1 Å². The highest BCUT2D eigenvalue weighted by atomic mass is 19.1. The van der Waals surface area contributed by atoms with Gasteiger partial charge in [0, 0.05) is 12.2 Å². The molecule has 0 radical (unpaired) electrons. The van der Waals surface area contributed by atoms with E-state index in [1.807, 2.05) is 0 Å². The standard InChI is InChI=1S/C14H10F2N2O3/c15-9-3-7(4-10(16)13(9)19)6-17-8-1-2-12-11(5-8)18-14(20)21-12/h1-5,17,19H,6H2,(H,18,20). The zero-order valence-electron chi connectivity index (χ0n) is 10.6. The Balaban J connectivity index is 1.81. The minimum absolute atomic E-state index is 0.154. The van der Waals surface area contributed by atoms with Gasteiger partial charge in [0.15, 0.2) is 23.0 Å².